The van der Waals surface area contributed by atoms with Gasteiger partial charge in [-0.1, -0.05) is 30.3 Å². The summed E-state index contributed by atoms with van der Waals surface area (Å²) >= 11 is 0. The molecule has 7 heteroatoms. The van der Waals surface area contributed by atoms with E-state index in [1.165, 1.54) is 10.5 Å². The molecule has 2 amide bonds. The normalized spacial score (nSPS) is 22.5. The highest BCUT2D eigenvalue weighted by Crippen LogP contribution is 2.48. The molecule has 0 unspecified atom stereocenters. The summed E-state index contributed by atoms with van der Waals surface area (Å²) in [6.45, 7) is 13.0. The minimum absolute atomic E-state index is 0.0378. The molecule has 3 atom stereocenters. The van der Waals surface area contributed by atoms with Crippen molar-refractivity contribution in [3.8, 4) is 0 Å². The molecule has 0 spiro atoms. The molecule has 1 aromatic carbocycles. The van der Waals surface area contributed by atoms with Crippen molar-refractivity contribution in [3.63, 3.8) is 0 Å². The number of nitrogens with one attached hydrogen (secondary N) is 2. The van der Waals surface area contributed by atoms with E-state index in [1.807, 2.05) is 50.8 Å². The summed E-state index contributed by atoms with van der Waals surface area (Å²) in [4.78, 5) is 28.9. The topological polar surface area (TPSA) is 72.3 Å². The molecule has 3 rings (SSSR count). The van der Waals surface area contributed by atoms with Crippen molar-refractivity contribution >= 4 is 12.0 Å². The number of hydrogen-bond donors (Lipinski definition) is 2. The van der Waals surface area contributed by atoms with Gasteiger partial charge >= 0.3 is 6.09 Å². The number of rotatable bonds is 8. The van der Waals surface area contributed by atoms with Crippen LogP contribution in [-0.4, -0.2) is 74.5 Å². The van der Waals surface area contributed by atoms with Gasteiger partial charge < -0.3 is 24.6 Å². The van der Waals surface area contributed by atoms with Crippen LogP contribution >= 0.6 is 0 Å². The molecule has 1 saturated heterocycles. The van der Waals surface area contributed by atoms with Gasteiger partial charge in [-0.15, -0.1) is 0 Å². The Balaban J connectivity index is 1.58. The van der Waals surface area contributed by atoms with Gasteiger partial charge in [-0.25, -0.2) is 4.79 Å². The zero-order chi connectivity index (χ0) is 22.4. The predicted molar refractivity (Wildman–Crippen MR) is 119 cm³/mol. The number of ether oxygens (including phenoxy) is 2. The van der Waals surface area contributed by atoms with Gasteiger partial charge in [-0.05, 0) is 45.6 Å². The summed E-state index contributed by atoms with van der Waals surface area (Å²) in [5.41, 5.74) is 0.690. The van der Waals surface area contributed by atoms with E-state index < -0.39 is 11.7 Å². The van der Waals surface area contributed by atoms with Crippen LogP contribution in [0.2, 0.25) is 0 Å². The maximum atomic E-state index is 13.4. The second-order valence-electron chi connectivity index (χ2n) is 9.80. The number of benzene rings is 1. The van der Waals surface area contributed by atoms with E-state index in [2.05, 4.69) is 17.4 Å². The minimum atomic E-state index is -0.546. The average Bonchev–Trinajstić information content (AvgIpc) is 3.51. The molecule has 0 bridgehead atoms. The third kappa shape index (κ3) is 7.51. The molecular formula is C24H38N3O4+. The Hall–Kier alpha value is -2.12. The molecule has 1 saturated carbocycles. The highest BCUT2D eigenvalue weighted by atomic mass is 16.6. The summed E-state index contributed by atoms with van der Waals surface area (Å²) < 4.78 is 10.8. The molecule has 1 aromatic rings. The van der Waals surface area contributed by atoms with Crippen molar-refractivity contribution in [1.29, 1.82) is 0 Å². The van der Waals surface area contributed by atoms with Crippen LogP contribution in [0.4, 0.5) is 4.79 Å². The van der Waals surface area contributed by atoms with Gasteiger partial charge in [0.2, 0.25) is 5.91 Å². The maximum absolute atomic E-state index is 13.4. The van der Waals surface area contributed by atoms with Crippen LogP contribution in [0.1, 0.15) is 45.6 Å². The fourth-order valence-corrected chi connectivity index (χ4v) is 4.15. The molecule has 172 valence electrons. The van der Waals surface area contributed by atoms with Crippen molar-refractivity contribution in [2.75, 3.05) is 45.9 Å². The van der Waals surface area contributed by atoms with Gasteiger partial charge in [0.25, 0.3) is 0 Å². The average molecular weight is 433 g/mol. The molecule has 1 heterocycles. The van der Waals surface area contributed by atoms with Crippen LogP contribution in [0, 0.1) is 5.92 Å². The summed E-state index contributed by atoms with van der Waals surface area (Å²) in [5.74, 6) is 0.538. The molecule has 0 radical (unpaired) electrons. The molecule has 1 aliphatic carbocycles. The van der Waals surface area contributed by atoms with Crippen molar-refractivity contribution in [2.45, 2.75) is 51.7 Å². The third-order valence-electron chi connectivity index (χ3n) is 5.84. The maximum Gasteiger partial charge on any atom is 0.407 e. The fourth-order valence-electron chi connectivity index (χ4n) is 4.15. The first kappa shape index (κ1) is 23.5. The van der Waals surface area contributed by atoms with Gasteiger partial charge in [-0.3, -0.25) is 4.79 Å². The number of alkyl carbamates (subject to hydrolysis) is 1. The van der Waals surface area contributed by atoms with E-state index in [9.17, 15) is 9.59 Å². The Morgan fingerprint density at radius 3 is 2.55 bits per heavy atom. The van der Waals surface area contributed by atoms with E-state index >= 15 is 0 Å². The van der Waals surface area contributed by atoms with Crippen molar-refractivity contribution in [3.05, 3.63) is 35.9 Å². The fraction of sp³-hybridized carbons (Fsp3) is 0.667. The summed E-state index contributed by atoms with van der Waals surface area (Å²) in [6.07, 6.45) is 0.456. The van der Waals surface area contributed by atoms with E-state index in [0.29, 0.717) is 19.0 Å². The zero-order valence-corrected chi connectivity index (χ0v) is 19.4. The van der Waals surface area contributed by atoms with Crippen molar-refractivity contribution in [2.24, 2.45) is 5.92 Å². The van der Waals surface area contributed by atoms with Crippen LogP contribution in [-0.2, 0) is 14.3 Å². The lowest BCUT2D eigenvalue weighted by atomic mass is 10.1. The molecule has 31 heavy (non-hydrogen) atoms. The first-order valence-electron chi connectivity index (χ1n) is 11.5. The SMILES string of the molecule is C[C@H](CN(CC[NH+]1CCOCC1)C(=O)[C@@H]1C[C@H]1c1ccccc1)NC(=O)OC(C)(C)C. The second-order valence-corrected chi connectivity index (χ2v) is 9.80. The predicted octanol–water partition coefficient (Wildman–Crippen LogP) is 1.45. The number of nitrogens with zero attached hydrogens (tertiary/aromatic N) is 1. The zero-order valence-electron chi connectivity index (χ0n) is 19.4. The van der Waals surface area contributed by atoms with E-state index in [1.54, 1.807) is 0 Å². The van der Waals surface area contributed by atoms with E-state index in [-0.39, 0.29) is 17.9 Å². The monoisotopic (exact) mass is 432 g/mol. The van der Waals surface area contributed by atoms with Crippen LogP contribution in [0.3, 0.4) is 0 Å². The first-order chi connectivity index (χ1) is 14.7. The van der Waals surface area contributed by atoms with Gasteiger partial charge in [0.05, 0.1) is 26.3 Å². The van der Waals surface area contributed by atoms with E-state index in [0.717, 1.165) is 39.3 Å². The number of hydrogen-bond acceptors (Lipinski definition) is 4. The Morgan fingerprint density at radius 2 is 1.90 bits per heavy atom. The Bertz CT molecular complexity index is 728. The number of quaternary nitrogens is 1. The third-order valence-corrected chi connectivity index (χ3v) is 5.84. The van der Waals surface area contributed by atoms with Crippen LogP contribution in [0.15, 0.2) is 30.3 Å². The Morgan fingerprint density at radius 1 is 1.23 bits per heavy atom. The summed E-state index contributed by atoms with van der Waals surface area (Å²) in [7, 11) is 0. The van der Waals surface area contributed by atoms with Gasteiger partial charge in [0, 0.05) is 18.5 Å². The smallest absolute Gasteiger partial charge is 0.407 e. The highest BCUT2D eigenvalue weighted by molar-refractivity contribution is 5.83. The molecule has 1 aliphatic heterocycles. The first-order valence-corrected chi connectivity index (χ1v) is 11.5. The number of morpholine rings is 1. The lowest BCUT2D eigenvalue weighted by Gasteiger charge is -2.30. The number of carbonyl (C=O) groups is 2. The minimum Gasteiger partial charge on any atom is -0.444 e. The van der Waals surface area contributed by atoms with E-state index in [4.69, 9.17) is 9.47 Å². The number of carbonyl (C=O) groups excluding carboxylic acids is 2. The largest absolute Gasteiger partial charge is 0.444 e. The van der Waals surface area contributed by atoms with Crippen molar-refractivity contribution < 1.29 is 24.0 Å². The van der Waals surface area contributed by atoms with Crippen molar-refractivity contribution in [1.82, 2.24) is 10.2 Å². The summed E-state index contributed by atoms with van der Waals surface area (Å²) in [6, 6.07) is 10.1. The molecule has 2 N–H and O–H groups in total. The molecule has 0 aromatic heterocycles. The molecule has 7 nitrogen and oxygen atoms in total. The number of amides is 2. The molecule has 2 aliphatic rings. The Labute approximate surface area is 186 Å². The lowest BCUT2D eigenvalue weighted by Crippen LogP contribution is -3.14. The molecule has 2 fully saturated rings. The van der Waals surface area contributed by atoms with Gasteiger partial charge in [0.1, 0.15) is 18.7 Å². The highest BCUT2D eigenvalue weighted by Gasteiger charge is 2.46. The standard InChI is InChI=1S/C24H37N3O4/c1-18(25-23(29)31-24(2,3)4)17-27(11-10-26-12-14-30-15-13-26)22(28)21-16-20(21)19-8-6-5-7-9-19/h5-9,18,20-21H,10-17H2,1-4H3,(H,25,29)/p+1/t18-,20+,21-/m1/s1. The van der Waals surface area contributed by atoms with Crippen LogP contribution < -0.4 is 10.2 Å². The quantitative estimate of drug-likeness (QED) is 0.652. The van der Waals surface area contributed by atoms with Crippen LogP contribution in [0.25, 0.3) is 0 Å². The van der Waals surface area contributed by atoms with Gasteiger partial charge in [-0.2, -0.15) is 0 Å². The molecular weight excluding hydrogens is 394 g/mol. The van der Waals surface area contributed by atoms with Gasteiger partial charge in [0.15, 0.2) is 0 Å². The Kier molecular flexibility index (Phi) is 7.94. The lowest BCUT2D eigenvalue weighted by molar-refractivity contribution is -0.907. The summed E-state index contributed by atoms with van der Waals surface area (Å²) in [5, 5.41) is 2.88. The second kappa shape index (κ2) is 10.5. The van der Waals surface area contributed by atoms with Crippen LogP contribution in [0.5, 0.6) is 0 Å².